The summed E-state index contributed by atoms with van der Waals surface area (Å²) in [6.45, 7) is 2.30. The van der Waals surface area contributed by atoms with Gasteiger partial charge in [-0.3, -0.25) is 9.88 Å². The third-order valence-corrected chi connectivity index (χ3v) is 5.81. The lowest BCUT2D eigenvalue weighted by Crippen LogP contribution is -2.45. The maximum absolute atomic E-state index is 14.6. The Hall–Kier alpha value is -2.89. The van der Waals surface area contributed by atoms with Crippen LogP contribution in [0.5, 0.6) is 0 Å². The van der Waals surface area contributed by atoms with Gasteiger partial charge in [-0.1, -0.05) is 0 Å². The molecule has 3 heterocycles. The Kier molecular flexibility index (Phi) is 5.75. The van der Waals surface area contributed by atoms with Crippen molar-refractivity contribution in [1.82, 2.24) is 19.4 Å². The first-order valence-corrected chi connectivity index (χ1v) is 10.1. The highest BCUT2D eigenvalue weighted by atomic mass is 19.4. The van der Waals surface area contributed by atoms with Crippen molar-refractivity contribution in [2.24, 2.45) is 0 Å². The van der Waals surface area contributed by atoms with Gasteiger partial charge in [0, 0.05) is 36.5 Å². The quantitative estimate of drug-likeness (QED) is 0.565. The van der Waals surface area contributed by atoms with Crippen LogP contribution in [0.2, 0.25) is 0 Å². The fourth-order valence-corrected chi connectivity index (χ4v) is 4.00. The van der Waals surface area contributed by atoms with Gasteiger partial charge in [-0.25, -0.2) is 13.8 Å². The van der Waals surface area contributed by atoms with Gasteiger partial charge in [0.25, 0.3) is 0 Å². The van der Waals surface area contributed by atoms with Crippen molar-refractivity contribution in [3.05, 3.63) is 71.4 Å². The molecule has 0 saturated carbocycles. The van der Waals surface area contributed by atoms with Crippen LogP contribution >= 0.6 is 0 Å². The lowest BCUT2D eigenvalue weighted by atomic mass is 10.0. The number of halogens is 5. The molecule has 4 rings (SSSR count). The van der Waals surface area contributed by atoms with Crippen molar-refractivity contribution in [3.8, 4) is 11.3 Å². The van der Waals surface area contributed by atoms with E-state index >= 15 is 0 Å². The van der Waals surface area contributed by atoms with E-state index in [0.717, 1.165) is 6.20 Å². The van der Waals surface area contributed by atoms with Crippen LogP contribution in [0.4, 0.5) is 22.0 Å². The Labute approximate surface area is 185 Å². The first-order valence-electron chi connectivity index (χ1n) is 10.1. The number of aliphatic hydroxyl groups excluding tert-OH is 1. The molecule has 2 aromatic heterocycles. The molecule has 33 heavy (non-hydrogen) atoms. The minimum Gasteiger partial charge on any atom is -0.374 e. The topological polar surface area (TPSA) is 74.4 Å². The molecule has 1 aliphatic heterocycles. The third-order valence-electron chi connectivity index (χ3n) is 5.81. The Morgan fingerprint density at radius 1 is 1.09 bits per heavy atom. The molecule has 2 N–H and O–H groups in total. The molecule has 1 aromatic carbocycles. The molecule has 11 heteroatoms. The van der Waals surface area contributed by atoms with Crippen LogP contribution in [0, 0.1) is 11.6 Å². The van der Waals surface area contributed by atoms with Crippen molar-refractivity contribution in [2.45, 2.75) is 44.4 Å². The summed E-state index contributed by atoms with van der Waals surface area (Å²) in [6.07, 6.45) is -4.20. The number of alkyl halides is 3. The maximum atomic E-state index is 14.6. The smallest absolute Gasteiger partial charge is 0.374 e. The van der Waals surface area contributed by atoms with E-state index in [1.165, 1.54) is 46.0 Å². The molecule has 176 valence electrons. The van der Waals surface area contributed by atoms with E-state index in [-0.39, 0.29) is 18.7 Å². The molecular weight excluding hydrogens is 447 g/mol. The number of fused-ring (bicyclic) bond motifs is 1. The van der Waals surface area contributed by atoms with Crippen LogP contribution in [0.25, 0.3) is 11.3 Å². The van der Waals surface area contributed by atoms with Gasteiger partial charge >= 0.3 is 6.18 Å². The summed E-state index contributed by atoms with van der Waals surface area (Å²) < 4.78 is 69.1. The van der Waals surface area contributed by atoms with Crippen LogP contribution in [-0.2, 0) is 12.1 Å². The first kappa shape index (κ1) is 23.3. The first-order chi connectivity index (χ1) is 15.4. The Bertz CT molecular complexity index is 1160. The highest BCUT2D eigenvalue weighted by molar-refractivity contribution is 5.59. The predicted octanol–water partition coefficient (Wildman–Crippen LogP) is 4.06. The van der Waals surface area contributed by atoms with E-state index in [1.54, 1.807) is 6.92 Å². The molecule has 6 nitrogen and oxygen atoms in total. The molecular formula is C22H21F5N4O2. The molecule has 0 amide bonds. The Morgan fingerprint density at radius 2 is 1.76 bits per heavy atom. The van der Waals surface area contributed by atoms with Crippen molar-refractivity contribution in [3.63, 3.8) is 0 Å². The van der Waals surface area contributed by atoms with E-state index in [2.05, 4.69) is 9.97 Å². The highest BCUT2D eigenvalue weighted by Gasteiger charge is 2.55. The van der Waals surface area contributed by atoms with E-state index in [9.17, 15) is 32.2 Å². The number of aliphatic hydroxyl groups is 2. The summed E-state index contributed by atoms with van der Waals surface area (Å²) in [7, 11) is 0. The number of nitrogens with zero attached hydrogens (tertiary/aromatic N) is 4. The number of aromatic nitrogens is 3. The lowest BCUT2D eigenvalue weighted by Gasteiger charge is -2.38. The molecule has 0 fully saturated rings. The van der Waals surface area contributed by atoms with Crippen LogP contribution in [-0.4, -0.2) is 42.4 Å². The molecule has 1 aliphatic rings. The van der Waals surface area contributed by atoms with Gasteiger partial charge in [-0.2, -0.15) is 13.2 Å². The van der Waals surface area contributed by atoms with Crippen molar-refractivity contribution >= 4 is 0 Å². The number of benzene rings is 1. The molecule has 3 aromatic rings. The van der Waals surface area contributed by atoms with Crippen molar-refractivity contribution in [2.75, 3.05) is 6.54 Å². The third kappa shape index (κ3) is 4.11. The zero-order valence-electron chi connectivity index (χ0n) is 17.7. The largest absolute Gasteiger partial charge is 0.424 e. The highest BCUT2D eigenvalue weighted by Crippen LogP contribution is 2.41. The van der Waals surface area contributed by atoms with Crippen molar-refractivity contribution in [1.29, 1.82) is 0 Å². The van der Waals surface area contributed by atoms with E-state index in [0.29, 0.717) is 23.9 Å². The predicted molar refractivity (Wildman–Crippen MR) is 108 cm³/mol. The molecule has 0 spiro atoms. The summed E-state index contributed by atoms with van der Waals surface area (Å²) in [6, 6.07) is 6.16. The lowest BCUT2D eigenvalue weighted by molar-refractivity contribution is -0.263. The number of hydrogen-bond acceptors (Lipinski definition) is 5. The normalized spacial score (nSPS) is 19.7. The van der Waals surface area contributed by atoms with Crippen LogP contribution in [0.3, 0.4) is 0 Å². The fraction of sp³-hybridized carbons (Fsp3) is 0.364. The molecule has 0 bridgehead atoms. The summed E-state index contributed by atoms with van der Waals surface area (Å²) in [5.74, 6) is -1.75. The molecule has 0 aliphatic carbocycles. The minimum absolute atomic E-state index is 0.0277. The number of rotatable bonds is 4. The van der Waals surface area contributed by atoms with Gasteiger partial charge < -0.3 is 14.8 Å². The summed E-state index contributed by atoms with van der Waals surface area (Å²) in [4.78, 5) is 9.28. The summed E-state index contributed by atoms with van der Waals surface area (Å²) in [5, 5.41) is 21.0. The van der Waals surface area contributed by atoms with Gasteiger partial charge in [-0.05, 0) is 44.2 Å². The Balaban J connectivity index is 1.64. The second-order valence-corrected chi connectivity index (χ2v) is 8.26. The monoisotopic (exact) mass is 468 g/mol. The van der Waals surface area contributed by atoms with E-state index in [1.807, 2.05) is 0 Å². The minimum atomic E-state index is -4.93. The standard InChI is InChI=1S/C22H21F5N4O2/c1-12-10-30(11-15-8-29-20(31(12)15)21(2,33)22(25,26)27)19(32)16-7-18(28-9-17(16)24)13-3-5-14(23)6-4-13/h3-9,12,19,32-33H,10-11H2,1-2H3/t12-,19?,21?/m0/s1. The zero-order chi connectivity index (χ0) is 24.1. The average Bonchev–Trinajstić information content (AvgIpc) is 3.19. The number of hydrogen-bond donors (Lipinski definition) is 2. The van der Waals surface area contributed by atoms with Crippen LogP contribution in [0.15, 0.2) is 42.7 Å². The second kappa shape index (κ2) is 8.15. The average molecular weight is 468 g/mol. The van der Waals surface area contributed by atoms with Gasteiger partial charge in [0.15, 0.2) is 5.82 Å². The molecule has 3 atom stereocenters. The zero-order valence-corrected chi connectivity index (χ0v) is 17.7. The SMILES string of the molecule is C[C@H]1CN(C(O)c2cc(-c3ccc(F)cc3)ncc2F)Cc2cnc(C(C)(O)C(F)(F)F)n21. The second-order valence-electron chi connectivity index (χ2n) is 8.26. The molecule has 2 unspecified atom stereocenters. The number of pyridine rings is 1. The molecule has 0 radical (unpaired) electrons. The fourth-order valence-electron chi connectivity index (χ4n) is 4.00. The van der Waals surface area contributed by atoms with Crippen molar-refractivity contribution < 1.29 is 32.2 Å². The van der Waals surface area contributed by atoms with E-state index in [4.69, 9.17) is 0 Å². The van der Waals surface area contributed by atoms with Gasteiger partial charge in [0.2, 0.25) is 5.60 Å². The van der Waals surface area contributed by atoms with Gasteiger partial charge in [-0.15, -0.1) is 0 Å². The van der Waals surface area contributed by atoms with Crippen LogP contribution < -0.4 is 0 Å². The summed E-state index contributed by atoms with van der Waals surface area (Å²) >= 11 is 0. The van der Waals surface area contributed by atoms with Crippen LogP contribution in [0.1, 0.15) is 43.2 Å². The van der Waals surface area contributed by atoms with Gasteiger partial charge in [0.1, 0.15) is 17.9 Å². The van der Waals surface area contributed by atoms with E-state index < -0.39 is 41.5 Å². The number of imidazole rings is 1. The maximum Gasteiger partial charge on any atom is 0.424 e. The van der Waals surface area contributed by atoms with Gasteiger partial charge in [0.05, 0.1) is 17.6 Å². The summed E-state index contributed by atoms with van der Waals surface area (Å²) in [5.41, 5.74) is -2.05. The molecule has 0 saturated heterocycles. The Morgan fingerprint density at radius 3 is 2.39 bits per heavy atom.